The fraction of sp³-hybridized carbons (Fsp3) is 0.462. The van der Waals surface area contributed by atoms with E-state index >= 15 is 0 Å². The van der Waals surface area contributed by atoms with Crippen LogP contribution in [0.3, 0.4) is 0 Å². The van der Waals surface area contributed by atoms with E-state index in [2.05, 4.69) is 10.3 Å². The van der Waals surface area contributed by atoms with E-state index in [9.17, 15) is 9.59 Å². The Morgan fingerprint density at radius 2 is 2.16 bits per heavy atom. The average Bonchev–Trinajstić information content (AvgIpc) is 2.36. The van der Waals surface area contributed by atoms with E-state index in [1.165, 1.54) is 12.3 Å². The monoisotopic (exact) mass is 265 g/mol. The first-order chi connectivity index (χ1) is 9.02. The van der Waals surface area contributed by atoms with E-state index in [-0.39, 0.29) is 11.5 Å². The van der Waals surface area contributed by atoms with Gasteiger partial charge >= 0.3 is 5.97 Å². The van der Waals surface area contributed by atoms with E-state index in [4.69, 9.17) is 5.11 Å². The van der Waals surface area contributed by atoms with Crippen LogP contribution in [0.5, 0.6) is 0 Å². The van der Waals surface area contributed by atoms with Gasteiger partial charge in [-0.3, -0.25) is 14.7 Å². The number of carbonyl (C=O) groups is 2. The first-order valence-electron chi connectivity index (χ1n) is 6.16. The quantitative estimate of drug-likeness (QED) is 0.759. The van der Waals surface area contributed by atoms with E-state index in [0.29, 0.717) is 19.6 Å². The van der Waals surface area contributed by atoms with Crippen molar-refractivity contribution in [1.29, 1.82) is 0 Å². The minimum Gasteiger partial charge on any atom is -0.478 e. The van der Waals surface area contributed by atoms with Gasteiger partial charge in [-0.25, -0.2) is 4.79 Å². The van der Waals surface area contributed by atoms with E-state index < -0.39 is 5.97 Å². The third-order valence-electron chi connectivity index (χ3n) is 2.49. The first-order valence-corrected chi connectivity index (χ1v) is 6.16. The fourth-order valence-electron chi connectivity index (χ4n) is 1.54. The maximum Gasteiger partial charge on any atom is 0.337 e. The number of likely N-dealkylation sites (N-methyl/N-ethyl adjacent to an activating group) is 1. The fourth-order valence-corrected chi connectivity index (χ4v) is 1.54. The molecule has 0 bridgehead atoms. The molecule has 0 aliphatic carbocycles. The van der Waals surface area contributed by atoms with Gasteiger partial charge < -0.3 is 10.4 Å². The second-order valence-electron chi connectivity index (χ2n) is 4.37. The minimum absolute atomic E-state index is 0.0218. The smallest absolute Gasteiger partial charge is 0.337 e. The lowest BCUT2D eigenvalue weighted by molar-refractivity contribution is -0.122. The molecule has 0 fully saturated rings. The molecule has 6 heteroatoms. The number of aromatic carboxylic acids is 1. The van der Waals surface area contributed by atoms with Crippen LogP contribution in [0.4, 0.5) is 0 Å². The molecule has 1 heterocycles. The summed E-state index contributed by atoms with van der Waals surface area (Å²) in [7, 11) is 1.82. The molecule has 1 amide bonds. The van der Waals surface area contributed by atoms with Crippen LogP contribution in [0.25, 0.3) is 0 Å². The number of nitrogens with zero attached hydrogens (tertiary/aromatic N) is 2. The van der Waals surface area contributed by atoms with Crippen molar-refractivity contribution < 1.29 is 14.7 Å². The number of nitrogens with one attached hydrogen (secondary N) is 1. The van der Waals surface area contributed by atoms with Crippen molar-refractivity contribution in [2.75, 3.05) is 20.1 Å². The highest BCUT2D eigenvalue weighted by Crippen LogP contribution is 2.02. The molecule has 2 N–H and O–H groups in total. The van der Waals surface area contributed by atoms with E-state index in [1.807, 2.05) is 18.9 Å². The van der Waals surface area contributed by atoms with Crippen molar-refractivity contribution >= 4 is 11.9 Å². The predicted octanol–water partition coefficient (Wildman–Crippen LogP) is 0.738. The molecule has 104 valence electrons. The summed E-state index contributed by atoms with van der Waals surface area (Å²) in [5.74, 6) is -1.02. The Hall–Kier alpha value is -1.95. The van der Waals surface area contributed by atoms with Crippen LogP contribution in [0.2, 0.25) is 0 Å². The zero-order chi connectivity index (χ0) is 14.3. The average molecular weight is 265 g/mol. The maximum absolute atomic E-state index is 11.5. The molecule has 0 atom stereocenters. The highest BCUT2D eigenvalue weighted by molar-refractivity contribution is 5.87. The van der Waals surface area contributed by atoms with Crippen LogP contribution in [-0.2, 0) is 11.3 Å². The topological polar surface area (TPSA) is 82.5 Å². The van der Waals surface area contributed by atoms with Gasteiger partial charge in [0.05, 0.1) is 17.8 Å². The second kappa shape index (κ2) is 7.48. The number of hydrogen-bond acceptors (Lipinski definition) is 4. The molecule has 1 aromatic heterocycles. The van der Waals surface area contributed by atoms with Gasteiger partial charge in [0.1, 0.15) is 0 Å². The second-order valence-corrected chi connectivity index (χ2v) is 4.37. The maximum atomic E-state index is 11.5. The Morgan fingerprint density at radius 1 is 1.42 bits per heavy atom. The van der Waals surface area contributed by atoms with Crippen molar-refractivity contribution in [2.24, 2.45) is 0 Å². The highest BCUT2D eigenvalue weighted by Gasteiger charge is 2.08. The predicted molar refractivity (Wildman–Crippen MR) is 70.8 cm³/mol. The zero-order valence-corrected chi connectivity index (χ0v) is 11.2. The number of rotatable bonds is 7. The van der Waals surface area contributed by atoms with Crippen molar-refractivity contribution in [3.05, 3.63) is 29.6 Å². The molecular formula is C13H19N3O3. The van der Waals surface area contributed by atoms with Gasteiger partial charge in [0.25, 0.3) is 0 Å². The first kappa shape index (κ1) is 15.1. The number of pyridine rings is 1. The van der Waals surface area contributed by atoms with E-state index in [0.717, 1.165) is 12.1 Å². The van der Waals surface area contributed by atoms with Crippen LogP contribution >= 0.6 is 0 Å². The lowest BCUT2D eigenvalue weighted by atomic mass is 10.2. The normalized spacial score (nSPS) is 10.5. The summed E-state index contributed by atoms with van der Waals surface area (Å²) >= 11 is 0. The van der Waals surface area contributed by atoms with Crippen LogP contribution in [0.1, 0.15) is 29.4 Å². The molecule has 1 rings (SSSR count). The summed E-state index contributed by atoms with van der Waals surface area (Å²) in [5.41, 5.74) is 0.892. The summed E-state index contributed by atoms with van der Waals surface area (Å²) in [6.07, 6.45) is 2.23. The molecule has 0 radical (unpaired) electrons. The molecule has 0 spiro atoms. The minimum atomic E-state index is -0.994. The van der Waals surface area contributed by atoms with E-state index in [1.54, 1.807) is 6.07 Å². The molecule has 0 saturated carbocycles. The molecule has 0 aliphatic heterocycles. The number of amides is 1. The molecule has 19 heavy (non-hydrogen) atoms. The zero-order valence-electron chi connectivity index (χ0n) is 11.2. The third kappa shape index (κ3) is 5.48. The summed E-state index contributed by atoms with van der Waals surface area (Å²) in [6.45, 7) is 3.47. The Balaban J connectivity index is 2.45. The van der Waals surface area contributed by atoms with Crippen LogP contribution < -0.4 is 5.32 Å². The van der Waals surface area contributed by atoms with Gasteiger partial charge in [0, 0.05) is 19.3 Å². The van der Waals surface area contributed by atoms with Gasteiger partial charge in [-0.2, -0.15) is 0 Å². The summed E-state index contributed by atoms with van der Waals surface area (Å²) in [5, 5.41) is 11.5. The molecule has 1 aromatic rings. The Bertz CT molecular complexity index is 431. The van der Waals surface area contributed by atoms with Gasteiger partial charge in [0.2, 0.25) is 5.91 Å². The molecular weight excluding hydrogens is 246 g/mol. The Kier molecular flexibility index (Phi) is 5.95. The lowest BCUT2D eigenvalue weighted by Crippen LogP contribution is -2.35. The molecule has 0 saturated heterocycles. The van der Waals surface area contributed by atoms with Crippen molar-refractivity contribution in [3.63, 3.8) is 0 Å². The van der Waals surface area contributed by atoms with Crippen LogP contribution in [0, 0.1) is 0 Å². The molecule has 0 aliphatic rings. The van der Waals surface area contributed by atoms with Gasteiger partial charge in [-0.1, -0.05) is 6.92 Å². The number of hydrogen-bond donors (Lipinski definition) is 2. The summed E-state index contributed by atoms with van der Waals surface area (Å²) in [4.78, 5) is 28.1. The molecule has 0 unspecified atom stereocenters. The number of carboxylic acids is 1. The summed E-state index contributed by atoms with van der Waals surface area (Å²) in [6, 6.07) is 3.17. The van der Waals surface area contributed by atoms with Crippen LogP contribution in [0.15, 0.2) is 18.3 Å². The third-order valence-corrected chi connectivity index (χ3v) is 2.49. The Morgan fingerprint density at radius 3 is 2.68 bits per heavy atom. The number of aromatic nitrogens is 1. The van der Waals surface area contributed by atoms with Crippen LogP contribution in [-0.4, -0.2) is 47.0 Å². The lowest BCUT2D eigenvalue weighted by Gasteiger charge is -2.15. The standard InChI is InChI=1S/C13H19N3O3/c1-3-6-14-12(17)9-16(2)8-11-5-4-10(7-15-11)13(18)19/h4-5,7H,3,6,8-9H2,1-2H3,(H,14,17)(H,18,19). The summed E-state index contributed by atoms with van der Waals surface area (Å²) < 4.78 is 0. The SMILES string of the molecule is CCCNC(=O)CN(C)Cc1ccc(C(=O)O)cn1. The number of carboxylic acid groups (broad SMARTS) is 1. The van der Waals surface area contributed by atoms with Crippen molar-refractivity contribution in [2.45, 2.75) is 19.9 Å². The van der Waals surface area contributed by atoms with Gasteiger partial charge in [-0.05, 0) is 25.6 Å². The largest absolute Gasteiger partial charge is 0.478 e. The van der Waals surface area contributed by atoms with Crippen molar-refractivity contribution in [1.82, 2.24) is 15.2 Å². The Labute approximate surface area is 112 Å². The van der Waals surface area contributed by atoms with Gasteiger partial charge in [0.15, 0.2) is 0 Å². The molecule has 0 aromatic carbocycles. The van der Waals surface area contributed by atoms with Crippen molar-refractivity contribution in [3.8, 4) is 0 Å². The van der Waals surface area contributed by atoms with Gasteiger partial charge in [-0.15, -0.1) is 0 Å². The molecule has 6 nitrogen and oxygen atoms in total. The number of carbonyl (C=O) groups excluding carboxylic acids is 1. The highest BCUT2D eigenvalue weighted by atomic mass is 16.4.